The van der Waals surface area contributed by atoms with Gasteiger partial charge in [0.25, 0.3) is 5.91 Å². The van der Waals surface area contributed by atoms with Gasteiger partial charge in [-0.2, -0.15) is 5.10 Å². The Balaban J connectivity index is 1.49. The molecule has 0 bridgehead atoms. The molecule has 0 fully saturated rings. The fourth-order valence-corrected chi connectivity index (χ4v) is 3.50. The number of benzene rings is 2. The van der Waals surface area contributed by atoms with Crippen LogP contribution >= 0.6 is 0 Å². The number of fused-ring (bicyclic) bond motifs is 1. The highest BCUT2D eigenvalue weighted by Gasteiger charge is 2.17. The lowest BCUT2D eigenvalue weighted by molar-refractivity contribution is 0.0952. The third-order valence-electron chi connectivity index (χ3n) is 5.19. The number of carbonyl (C=O) groups excluding carboxylic acids is 1. The van der Waals surface area contributed by atoms with Crippen molar-refractivity contribution in [3.63, 3.8) is 0 Å². The molecule has 0 aliphatic carbocycles. The molecule has 30 heavy (non-hydrogen) atoms. The van der Waals surface area contributed by atoms with Gasteiger partial charge in [0.05, 0.1) is 0 Å². The molecule has 152 valence electrons. The Morgan fingerprint density at radius 2 is 1.97 bits per heavy atom. The highest BCUT2D eigenvalue weighted by atomic mass is 19.1. The number of hydrogen-bond acceptors (Lipinski definition) is 4. The lowest BCUT2D eigenvalue weighted by Crippen LogP contribution is -2.25. The van der Waals surface area contributed by atoms with Gasteiger partial charge in [0, 0.05) is 23.7 Å². The van der Waals surface area contributed by atoms with Gasteiger partial charge in [0.2, 0.25) is 0 Å². The van der Waals surface area contributed by atoms with E-state index in [-0.39, 0.29) is 17.4 Å². The van der Waals surface area contributed by atoms with E-state index in [1.54, 1.807) is 24.3 Å². The van der Waals surface area contributed by atoms with Crippen LogP contribution in [0.5, 0.6) is 0 Å². The highest BCUT2D eigenvalue weighted by Crippen LogP contribution is 2.28. The highest BCUT2D eigenvalue weighted by molar-refractivity contribution is 5.95. The minimum absolute atomic E-state index is 0.191. The summed E-state index contributed by atoms with van der Waals surface area (Å²) < 4.78 is 16.0. The second-order valence-corrected chi connectivity index (χ2v) is 7.22. The molecule has 6 nitrogen and oxygen atoms in total. The van der Waals surface area contributed by atoms with Gasteiger partial charge in [-0.3, -0.25) is 4.79 Å². The van der Waals surface area contributed by atoms with Gasteiger partial charge in [-0.25, -0.2) is 13.9 Å². The fourth-order valence-electron chi connectivity index (χ4n) is 3.50. The van der Waals surface area contributed by atoms with Crippen LogP contribution in [0.2, 0.25) is 0 Å². The minimum Gasteiger partial charge on any atom is -0.382 e. The van der Waals surface area contributed by atoms with Crippen LogP contribution < -0.4 is 11.1 Å². The van der Waals surface area contributed by atoms with Gasteiger partial charge < -0.3 is 11.1 Å². The molecule has 0 aliphatic heterocycles. The second-order valence-electron chi connectivity index (χ2n) is 7.22. The summed E-state index contributed by atoms with van der Waals surface area (Å²) in [5, 5.41) is 7.04. The maximum Gasteiger partial charge on any atom is 0.251 e. The number of carbonyl (C=O) groups is 1. The third kappa shape index (κ3) is 3.87. The molecular formula is C23H22FN5O. The average molecular weight is 403 g/mol. The molecule has 4 rings (SSSR count). The molecule has 0 radical (unpaired) electrons. The summed E-state index contributed by atoms with van der Waals surface area (Å²) in [6.07, 6.45) is 2.10. The van der Waals surface area contributed by atoms with Crippen molar-refractivity contribution in [2.75, 3.05) is 12.3 Å². The summed E-state index contributed by atoms with van der Waals surface area (Å²) in [4.78, 5) is 16.5. The largest absolute Gasteiger partial charge is 0.382 e. The molecule has 2 heterocycles. The van der Waals surface area contributed by atoms with E-state index in [9.17, 15) is 9.18 Å². The van der Waals surface area contributed by atoms with E-state index >= 15 is 0 Å². The van der Waals surface area contributed by atoms with Crippen LogP contribution in [0.3, 0.4) is 0 Å². The van der Waals surface area contributed by atoms with E-state index in [1.165, 1.54) is 22.5 Å². The normalized spacial score (nSPS) is 12.1. The molecular weight excluding hydrogens is 381 g/mol. The van der Waals surface area contributed by atoms with Crippen molar-refractivity contribution in [2.45, 2.75) is 19.3 Å². The standard InChI is InChI=1S/C23H22FN5O/c1-15(16-6-3-2-4-7-16)10-11-26-23(30)18-9-5-8-17(12-18)21-19(24)13-20-22(25)27-14-28-29(20)21/h2-9,12-15H,10-11H2,1H3,(H,26,30)(H2,25,27,28). The van der Waals surface area contributed by atoms with E-state index in [0.717, 1.165) is 6.42 Å². The zero-order valence-corrected chi connectivity index (χ0v) is 16.5. The van der Waals surface area contributed by atoms with E-state index < -0.39 is 5.82 Å². The maximum atomic E-state index is 14.6. The fraction of sp³-hybridized carbons (Fsp3) is 0.174. The molecule has 7 heteroatoms. The first-order chi connectivity index (χ1) is 14.5. The SMILES string of the molecule is CC(CCNC(=O)c1cccc(-c2c(F)cc3c(N)ncnn23)c1)c1ccccc1. The summed E-state index contributed by atoms with van der Waals surface area (Å²) >= 11 is 0. The molecule has 0 aliphatic rings. The number of amides is 1. The third-order valence-corrected chi connectivity index (χ3v) is 5.19. The van der Waals surface area contributed by atoms with Crippen LogP contribution in [0, 0.1) is 5.82 Å². The topological polar surface area (TPSA) is 85.3 Å². The summed E-state index contributed by atoms with van der Waals surface area (Å²) in [6.45, 7) is 2.68. The van der Waals surface area contributed by atoms with E-state index in [2.05, 4.69) is 34.5 Å². The van der Waals surface area contributed by atoms with Crippen LogP contribution in [0.1, 0.15) is 35.2 Å². The van der Waals surface area contributed by atoms with Crippen molar-refractivity contribution in [1.29, 1.82) is 0 Å². The molecule has 0 saturated carbocycles. The Labute approximate surface area is 173 Å². The van der Waals surface area contributed by atoms with Crippen LogP contribution in [0.25, 0.3) is 16.8 Å². The number of rotatable bonds is 6. The predicted molar refractivity (Wildman–Crippen MR) is 115 cm³/mol. The van der Waals surface area contributed by atoms with Gasteiger partial charge in [-0.1, -0.05) is 49.4 Å². The first kappa shape index (κ1) is 19.6. The number of nitrogens with one attached hydrogen (secondary N) is 1. The number of halogens is 1. The molecule has 1 amide bonds. The molecule has 2 aromatic heterocycles. The van der Waals surface area contributed by atoms with E-state index in [4.69, 9.17) is 5.73 Å². The maximum absolute atomic E-state index is 14.6. The molecule has 4 aromatic rings. The number of aromatic nitrogens is 3. The monoisotopic (exact) mass is 403 g/mol. The summed E-state index contributed by atoms with van der Waals surface area (Å²) in [5.74, 6) is -0.148. The second kappa shape index (κ2) is 8.32. The van der Waals surface area contributed by atoms with Crippen molar-refractivity contribution < 1.29 is 9.18 Å². The number of anilines is 1. The Hall–Kier alpha value is -3.74. The molecule has 0 spiro atoms. The Morgan fingerprint density at radius 1 is 1.17 bits per heavy atom. The number of hydrogen-bond donors (Lipinski definition) is 2. The first-order valence-electron chi connectivity index (χ1n) is 9.76. The van der Waals surface area contributed by atoms with Gasteiger partial charge in [0.1, 0.15) is 17.5 Å². The molecule has 2 aromatic carbocycles. The van der Waals surface area contributed by atoms with Crippen LogP contribution in [-0.4, -0.2) is 27.0 Å². The molecule has 1 atom stereocenters. The number of nitrogens with two attached hydrogens (primary N) is 1. The number of nitrogen functional groups attached to an aromatic ring is 1. The lowest BCUT2D eigenvalue weighted by Gasteiger charge is -2.13. The first-order valence-corrected chi connectivity index (χ1v) is 9.76. The number of nitrogens with zero attached hydrogens (tertiary/aromatic N) is 3. The van der Waals surface area contributed by atoms with Crippen LogP contribution in [0.15, 0.2) is 67.0 Å². The van der Waals surface area contributed by atoms with Gasteiger partial charge in [0.15, 0.2) is 11.6 Å². The van der Waals surface area contributed by atoms with E-state index in [1.807, 2.05) is 18.2 Å². The van der Waals surface area contributed by atoms with Gasteiger partial charge in [-0.15, -0.1) is 0 Å². The Bertz CT molecular complexity index is 1190. The smallest absolute Gasteiger partial charge is 0.251 e. The molecule has 3 N–H and O–H groups in total. The zero-order chi connectivity index (χ0) is 21.1. The molecule has 0 saturated heterocycles. The summed E-state index contributed by atoms with van der Waals surface area (Å²) in [6, 6.07) is 18.3. The summed E-state index contributed by atoms with van der Waals surface area (Å²) in [5.41, 5.74) is 8.67. The van der Waals surface area contributed by atoms with Crippen molar-refractivity contribution >= 4 is 17.2 Å². The van der Waals surface area contributed by atoms with Gasteiger partial charge >= 0.3 is 0 Å². The Morgan fingerprint density at radius 3 is 2.77 bits per heavy atom. The van der Waals surface area contributed by atoms with Gasteiger partial charge in [-0.05, 0) is 30.0 Å². The Kier molecular flexibility index (Phi) is 5.43. The predicted octanol–water partition coefficient (Wildman–Crippen LogP) is 4.04. The zero-order valence-electron chi connectivity index (χ0n) is 16.5. The van der Waals surface area contributed by atoms with Crippen molar-refractivity contribution in [3.05, 3.63) is 83.9 Å². The van der Waals surface area contributed by atoms with E-state index in [0.29, 0.717) is 29.1 Å². The van der Waals surface area contributed by atoms with Crippen molar-refractivity contribution in [3.8, 4) is 11.3 Å². The average Bonchev–Trinajstić information content (AvgIpc) is 3.11. The summed E-state index contributed by atoms with van der Waals surface area (Å²) in [7, 11) is 0. The lowest BCUT2D eigenvalue weighted by atomic mass is 9.98. The molecule has 1 unspecified atom stereocenters. The van der Waals surface area contributed by atoms with Crippen LogP contribution in [0.4, 0.5) is 10.2 Å². The van der Waals surface area contributed by atoms with Crippen molar-refractivity contribution in [2.24, 2.45) is 0 Å². The minimum atomic E-state index is -0.476. The quantitative estimate of drug-likeness (QED) is 0.509. The van der Waals surface area contributed by atoms with Crippen molar-refractivity contribution in [1.82, 2.24) is 19.9 Å². The van der Waals surface area contributed by atoms with Crippen LogP contribution in [-0.2, 0) is 0 Å².